The Morgan fingerprint density at radius 1 is 1.07 bits per heavy atom. The molecule has 158 valence electrons. The van der Waals surface area contributed by atoms with Gasteiger partial charge in [0.05, 0.1) is 0 Å². The van der Waals surface area contributed by atoms with Gasteiger partial charge >= 0.3 is 5.97 Å². The predicted molar refractivity (Wildman–Crippen MR) is 113 cm³/mol. The molecule has 0 unspecified atom stereocenters. The van der Waals surface area contributed by atoms with Gasteiger partial charge in [0.25, 0.3) is 0 Å². The minimum atomic E-state index is -1.75. The van der Waals surface area contributed by atoms with Crippen molar-refractivity contribution in [3.8, 4) is 5.75 Å². The van der Waals surface area contributed by atoms with Crippen LogP contribution in [-0.4, -0.2) is 38.4 Å². The van der Waals surface area contributed by atoms with E-state index in [1.165, 1.54) is 0 Å². The van der Waals surface area contributed by atoms with Gasteiger partial charge in [0.15, 0.2) is 15.1 Å². The summed E-state index contributed by atoms with van der Waals surface area (Å²) in [6.45, 7) is 11.0. The van der Waals surface area contributed by atoms with Gasteiger partial charge in [0.2, 0.25) is 0 Å². The van der Waals surface area contributed by atoms with Gasteiger partial charge in [-0.3, -0.25) is 0 Å². The van der Waals surface area contributed by atoms with E-state index < -0.39 is 15.1 Å². The fourth-order valence-corrected chi connectivity index (χ4v) is 4.73. The molecule has 0 aromatic heterocycles. The van der Waals surface area contributed by atoms with Crippen molar-refractivity contribution >= 4 is 14.3 Å². The molecule has 6 heteroatoms. The molecule has 1 aliphatic rings. The Labute approximate surface area is 170 Å². The highest BCUT2D eigenvalue weighted by molar-refractivity contribution is 6.74. The van der Waals surface area contributed by atoms with Gasteiger partial charge in [-0.15, -0.1) is 0 Å². The average molecular weight is 409 g/mol. The molecule has 5 nitrogen and oxygen atoms in total. The van der Waals surface area contributed by atoms with Crippen molar-refractivity contribution in [1.29, 1.82) is 0 Å². The van der Waals surface area contributed by atoms with E-state index in [1.54, 1.807) is 24.3 Å². The summed E-state index contributed by atoms with van der Waals surface area (Å²) in [7, 11) is -1.75. The standard InChI is InChI=1S/C22H36O5Si/c1-22(2,3)28(4,5)27-18-12-8-10-17(11-9-13-18)26-21(24)19-14-6-7-15-20(19)25-16-23/h6-7,14-15,17-18,23H,8-13,16H2,1-5H3. The highest BCUT2D eigenvalue weighted by atomic mass is 28.4. The van der Waals surface area contributed by atoms with Gasteiger partial charge in [-0.1, -0.05) is 32.9 Å². The van der Waals surface area contributed by atoms with Crippen LogP contribution in [0.2, 0.25) is 18.1 Å². The van der Waals surface area contributed by atoms with E-state index in [0.717, 1.165) is 38.5 Å². The lowest BCUT2D eigenvalue weighted by molar-refractivity contribution is 0.0194. The van der Waals surface area contributed by atoms with Crippen molar-refractivity contribution in [2.75, 3.05) is 6.79 Å². The Hall–Kier alpha value is -1.37. The SMILES string of the molecule is CC(C)(C)[Si](C)(C)OC1CCCC(OC(=O)c2ccccc2OCO)CCC1. The fourth-order valence-electron chi connectivity index (χ4n) is 3.31. The molecular formula is C22H36O5Si. The minimum Gasteiger partial charge on any atom is -0.467 e. The molecule has 0 amide bonds. The van der Waals surface area contributed by atoms with Crippen LogP contribution in [0.25, 0.3) is 0 Å². The summed E-state index contributed by atoms with van der Waals surface area (Å²) in [4.78, 5) is 12.6. The first-order valence-electron chi connectivity index (χ1n) is 10.4. The van der Waals surface area contributed by atoms with Gasteiger partial charge in [-0.2, -0.15) is 0 Å². The molecular weight excluding hydrogens is 372 g/mol. The third-order valence-corrected chi connectivity index (χ3v) is 10.5. The van der Waals surface area contributed by atoms with Crippen LogP contribution in [0.1, 0.15) is 69.7 Å². The van der Waals surface area contributed by atoms with Gasteiger partial charge in [0.1, 0.15) is 17.4 Å². The quantitative estimate of drug-likeness (QED) is 0.394. The monoisotopic (exact) mass is 408 g/mol. The molecule has 1 saturated carbocycles. The van der Waals surface area contributed by atoms with Gasteiger partial charge < -0.3 is 19.0 Å². The van der Waals surface area contributed by atoms with Crippen molar-refractivity contribution in [3.05, 3.63) is 29.8 Å². The second kappa shape index (κ2) is 9.90. The number of aliphatic hydroxyl groups is 1. The number of hydrogen-bond acceptors (Lipinski definition) is 5. The number of carbonyl (C=O) groups is 1. The number of aliphatic hydroxyl groups excluding tert-OH is 1. The molecule has 0 bridgehead atoms. The zero-order valence-electron chi connectivity index (χ0n) is 18.0. The number of benzene rings is 1. The molecule has 0 saturated heterocycles. The predicted octanol–water partition coefficient (Wildman–Crippen LogP) is 5.29. The summed E-state index contributed by atoms with van der Waals surface area (Å²) < 4.78 is 17.5. The number of rotatable bonds is 6. The third-order valence-electron chi connectivity index (χ3n) is 5.97. The maximum Gasteiger partial charge on any atom is 0.342 e. The van der Waals surface area contributed by atoms with Crippen LogP contribution in [0.15, 0.2) is 24.3 Å². The minimum absolute atomic E-state index is 0.0801. The molecule has 2 rings (SSSR count). The summed E-state index contributed by atoms with van der Waals surface area (Å²) >= 11 is 0. The Morgan fingerprint density at radius 3 is 2.21 bits per heavy atom. The number of hydrogen-bond donors (Lipinski definition) is 1. The van der Waals surface area contributed by atoms with E-state index in [1.807, 2.05) is 0 Å². The molecule has 1 aromatic carbocycles. The first-order valence-corrected chi connectivity index (χ1v) is 13.3. The molecule has 1 N–H and O–H groups in total. The van der Waals surface area contributed by atoms with Crippen LogP contribution >= 0.6 is 0 Å². The van der Waals surface area contributed by atoms with Crippen molar-refractivity contribution in [1.82, 2.24) is 0 Å². The number of carbonyl (C=O) groups excluding carboxylic acids is 1. The summed E-state index contributed by atoms with van der Waals surface area (Å²) in [6.07, 6.45) is 5.96. The summed E-state index contributed by atoms with van der Waals surface area (Å²) in [5.74, 6) is -0.0348. The highest BCUT2D eigenvalue weighted by Gasteiger charge is 2.39. The lowest BCUT2D eigenvalue weighted by atomic mass is 9.96. The van der Waals surface area contributed by atoms with Crippen LogP contribution in [0.4, 0.5) is 0 Å². The van der Waals surface area contributed by atoms with E-state index in [4.69, 9.17) is 19.0 Å². The lowest BCUT2D eigenvalue weighted by Gasteiger charge is -2.40. The zero-order chi connectivity index (χ0) is 20.8. The van der Waals surface area contributed by atoms with Crippen LogP contribution in [0.3, 0.4) is 0 Å². The van der Waals surface area contributed by atoms with E-state index >= 15 is 0 Å². The Kier molecular flexibility index (Phi) is 8.10. The van der Waals surface area contributed by atoms with Crippen molar-refractivity contribution in [3.63, 3.8) is 0 Å². The summed E-state index contributed by atoms with van der Waals surface area (Å²) in [5, 5.41) is 9.21. The Balaban J connectivity index is 1.89. The van der Waals surface area contributed by atoms with Crippen LogP contribution in [0, 0.1) is 0 Å². The normalized spacial score (nSPS) is 21.5. The zero-order valence-corrected chi connectivity index (χ0v) is 19.0. The molecule has 0 spiro atoms. The largest absolute Gasteiger partial charge is 0.467 e. The maximum absolute atomic E-state index is 12.6. The smallest absolute Gasteiger partial charge is 0.342 e. The van der Waals surface area contributed by atoms with Gasteiger partial charge in [-0.25, -0.2) is 4.79 Å². The molecule has 1 aliphatic carbocycles. The van der Waals surface area contributed by atoms with Gasteiger partial charge in [-0.05, 0) is 68.8 Å². The second-order valence-corrected chi connectivity index (χ2v) is 13.9. The summed E-state index contributed by atoms with van der Waals surface area (Å²) in [6, 6.07) is 6.86. The second-order valence-electron chi connectivity index (χ2n) is 9.16. The molecule has 0 atom stereocenters. The third kappa shape index (κ3) is 6.32. The van der Waals surface area contributed by atoms with Crippen molar-refractivity contribution in [2.24, 2.45) is 0 Å². The highest BCUT2D eigenvalue weighted by Crippen LogP contribution is 2.39. The number of para-hydroxylation sites is 1. The van der Waals surface area contributed by atoms with E-state index in [-0.39, 0.29) is 17.1 Å². The average Bonchev–Trinajstić information content (AvgIpc) is 2.58. The van der Waals surface area contributed by atoms with E-state index in [2.05, 4.69) is 33.9 Å². The first kappa shape index (κ1) is 22.9. The molecule has 0 heterocycles. The lowest BCUT2D eigenvalue weighted by Crippen LogP contribution is -2.44. The fraction of sp³-hybridized carbons (Fsp3) is 0.682. The molecule has 0 aliphatic heterocycles. The molecule has 0 radical (unpaired) electrons. The van der Waals surface area contributed by atoms with Crippen molar-refractivity contribution in [2.45, 2.75) is 89.6 Å². The molecule has 1 aromatic rings. The van der Waals surface area contributed by atoms with Crippen LogP contribution in [0.5, 0.6) is 5.75 Å². The number of ether oxygens (including phenoxy) is 2. The van der Waals surface area contributed by atoms with Crippen LogP contribution < -0.4 is 4.74 Å². The van der Waals surface area contributed by atoms with Crippen molar-refractivity contribution < 1.29 is 23.8 Å². The van der Waals surface area contributed by atoms with E-state index in [9.17, 15) is 4.79 Å². The topological polar surface area (TPSA) is 65.0 Å². The Morgan fingerprint density at radius 2 is 1.64 bits per heavy atom. The molecule has 1 fully saturated rings. The van der Waals surface area contributed by atoms with Gasteiger partial charge in [0, 0.05) is 6.10 Å². The Bertz CT molecular complexity index is 628. The molecule has 28 heavy (non-hydrogen) atoms. The van der Waals surface area contributed by atoms with Crippen LogP contribution in [-0.2, 0) is 9.16 Å². The maximum atomic E-state index is 12.6. The number of esters is 1. The van der Waals surface area contributed by atoms with E-state index in [0.29, 0.717) is 17.4 Å². The summed E-state index contributed by atoms with van der Waals surface area (Å²) in [5.41, 5.74) is 0.359. The first-order chi connectivity index (χ1) is 13.1.